The van der Waals surface area contributed by atoms with Crippen LogP contribution < -0.4 is 4.74 Å². The van der Waals surface area contributed by atoms with Crippen molar-refractivity contribution in [3.05, 3.63) is 36.0 Å². The Balaban J connectivity index is 1.49. The van der Waals surface area contributed by atoms with E-state index in [0.717, 1.165) is 53.6 Å². The van der Waals surface area contributed by atoms with Gasteiger partial charge in [-0.05, 0) is 75.3 Å². The monoisotopic (exact) mass is 321 g/mol. The third-order valence-corrected chi connectivity index (χ3v) is 6.48. The number of benzene rings is 1. The molecule has 4 saturated carbocycles. The summed E-state index contributed by atoms with van der Waals surface area (Å²) in [6.07, 6.45) is 7.14. The van der Waals surface area contributed by atoms with Crippen molar-refractivity contribution in [3.8, 4) is 5.75 Å². The van der Waals surface area contributed by atoms with E-state index in [9.17, 15) is 4.79 Å². The van der Waals surface area contributed by atoms with Gasteiger partial charge in [0.1, 0.15) is 5.75 Å². The van der Waals surface area contributed by atoms with Crippen LogP contribution in [0.15, 0.2) is 30.3 Å². The molecule has 0 spiro atoms. The molecule has 6 rings (SSSR count). The average molecular weight is 321 g/mol. The second kappa shape index (κ2) is 5.05. The molecule has 4 aliphatic rings. The van der Waals surface area contributed by atoms with Crippen molar-refractivity contribution in [2.24, 2.45) is 23.2 Å². The molecule has 0 saturated heterocycles. The lowest BCUT2D eigenvalue weighted by Gasteiger charge is -2.55. The van der Waals surface area contributed by atoms with Gasteiger partial charge in [-0.2, -0.15) is 0 Å². The molecule has 3 nitrogen and oxygen atoms in total. The molecular formula is C21H23NO2. The Bertz CT molecular complexity index is 790. The fourth-order valence-electron chi connectivity index (χ4n) is 5.92. The second-order valence-corrected chi connectivity index (χ2v) is 8.37. The predicted octanol–water partition coefficient (Wildman–Crippen LogP) is 4.67. The molecule has 1 heterocycles. The summed E-state index contributed by atoms with van der Waals surface area (Å²) in [6.45, 7) is 1.95. The molecule has 0 radical (unpaired) electrons. The summed E-state index contributed by atoms with van der Waals surface area (Å²) in [7, 11) is 0. The lowest BCUT2D eigenvalue weighted by Crippen LogP contribution is -2.51. The van der Waals surface area contributed by atoms with E-state index in [1.54, 1.807) is 0 Å². The van der Waals surface area contributed by atoms with E-state index in [-0.39, 0.29) is 11.4 Å². The van der Waals surface area contributed by atoms with Gasteiger partial charge in [0.25, 0.3) is 0 Å². The largest absolute Gasteiger partial charge is 0.425 e. The maximum atomic E-state index is 13.2. The number of carbonyl (C=O) groups is 1. The van der Waals surface area contributed by atoms with Gasteiger partial charge in [0.2, 0.25) is 0 Å². The number of esters is 1. The molecule has 24 heavy (non-hydrogen) atoms. The predicted molar refractivity (Wildman–Crippen MR) is 92.7 cm³/mol. The first kappa shape index (κ1) is 14.4. The highest BCUT2D eigenvalue weighted by molar-refractivity contribution is 5.89. The SMILES string of the molecule is Cc1cc(OC(=O)C23CC4CC(CC(C4)C2)C3)c2ccccc2n1. The maximum absolute atomic E-state index is 13.2. The highest BCUT2D eigenvalue weighted by Crippen LogP contribution is 2.60. The fraction of sp³-hybridized carbons (Fsp3) is 0.524. The fourth-order valence-corrected chi connectivity index (χ4v) is 5.92. The summed E-state index contributed by atoms with van der Waals surface area (Å²) in [4.78, 5) is 17.7. The van der Waals surface area contributed by atoms with Gasteiger partial charge in [-0.3, -0.25) is 9.78 Å². The molecule has 2 aromatic rings. The Hall–Kier alpha value is -1.90. The van der Waals surface area contributed by atoms with Gasteiger partial charge in [0.15, 0.2) is 0 Å². The number of hydrogen-bond donors (Lipinski definition) is 0. The van der Waals surface area contributed by atoms with Crippen LogP contribution in [0, 0.1) is 30.1 Å². The van der Waals surface area contributed by atoms with Crippen LogP contribution in [-0.4, -0.2) is 11.0 Å². The summed E-state index contributed by atoms with van der Waals surface area (Å²) in [5.41, 5.74) is 1.57. The first-order valence-corrected chi connectivity index (χ1v) is 9.20. The molecule has 0 amide bonds. The van der Waals surface area contributed by atoms with Crippen molar-refractivity contribution in [2.45, 2.75) is 45.4 Å². The molecule has 0 atom stereocenters. The van der Waals surface area contributed by atoms with E-state index in [1.807, 2.05) is 37.3 Å². The molecule has 4 aliphatic carbocycles. The molecule has 0 unspecified atom stereocenters. The highest BCUT2D eigenvalue weighted by atomic mass is 16.5. The molecular weight excluding hydrogens is 298 g/mol. The van der Waals surface area contributed by atoms with Crippen molar-refractivity contribution in [1.82, 2.24) is 4.98 Å². The zero-order chi connectivity index (χ0) is 16.3. The van der Waals surface area contributed by atoms with Gasteiger partial charge >= 0.3 is 5.97 Å². The minimum Gasteiger partial charge on any atom is -0.425 e. The smallest absolute Gasteiger partial charge is 0.317 e. The molecule has 4 fully saturated rings. The van der Waals surface area contributed by atoms with Gasteiger partial charge < -0.3 is 4.74 Å². The molecule has 4 bridgehead atoms. The van der Waals surface area contributed by atoms with Crippen molar-refractivity contribution in [3.63, 3.8) is 0 Å². The molecule has 0 N–H and O–H groups in total. The number of carbonyl (C=O) groups excluding carboxylic acids is 1. The number of pyridine rings is 1. The summed E-state index contributed by atoms with van der Waals surface area (Å²) in [5, 5.41) is 0.932. The Morgan fingerprint density at radius 2 is 1.71 bits per heavy atom. The zero-order valence-corrected chi connectivity index (χ0v) is 14.1. The number of aromatic nitrogens is 1. The third-order valence-electron chi connectivity index (χ3n) is 6.48. The lowest BCUT2D eigenvalue weighted by molar-refractivity contribution is -0.161. The van der Waals surface area contributed by atoms with E-state index < -0.39 is 0 Å². The number of nitrogens with zero attached hydrogens (tertiary/aromatic N) is 1. The van der Waals surface area contributed by atoms with Crippen LogP contribution in [0.25, 0.3) is 10.9 Å². The second-order valence-electron chi connectivity index (χ2n) is 8.37. The normalized spacial score (nSPS) is 33.8. The Morgan fingerprint density at radius 1 is 1.08 bits per heavy atom. The van der Waals surface area contributed by atoms with Crippen molar-refractivity contribution in [1.29, 1.82) is 0 Å². The number of para-hydroxylation sites is 1. The van der Waals surface area contributed by atoms with Crippen LogP contribution in [-0.2, 0) is 4.79 Å². The summed E-state index contributed by atoms with van der Waals surface area (Å²) >= 11 is 0. The number of fused-ring (bicyclic) bond motifs is 1. The average Bonchev–Trinajstić information content (AvgIpc) is 2.53. The summed E-state index contributed by atoms with van der Waals surface area (Å²) < 4.78 is 6.01. The number of ether oxygens (including phenoxy) is 1. The van der Waals surface area contributed by atoms with Gasteiger partial charge in [0.05, 0.1) is 10.9 Å². The highest BCUT2D eigenvalue weighted by Gasteiger charge is 2.55. The Morgan fingerprint density at radius 3 is 2.38 bits per heavy atom. The maximum Gasteiger partial charge on any atom is 0.317 e. The number of aryl methyl sites for hydroxylation is 1. The van der Waals surface area contributed by atoms with Gasteiger partial charge in [0, 0.05) is 17.1 Å². The van der Waals surface area contributed by atoms with Crippen LogP contribution in [0.3, 0.4) is 0 Å². The summed E-state index contributed by atoms with van der Waals surface area (Å²) in [6, 6.07) is 9.82. The van der Waals surface area contributed by atoms with E-state index in [1.165, 1.54) is 19.3 Å². The van der Waals surface area contributed by atoms with Crippen molar-refractivity contribution >= 4 is 16.9 Å². The Kier molecular flexibility index (Phi) is 3.04. The van der Waals surface area contributed by atoms with Crippen LogP contribution in [0.2, 0.25) is 0 Å². The van der Waals surface area contributed by atoms with Crippen LogP contribution >= 0.6 is 0 Å². The van der Waals surface area contributed by atoms with Crippen LogP contribution in [0.1, 0.15) is 44.2 Å². The lowest BCUT2D eigenvalue weighted by atomic mass is 9.49. The van der Waals surface area contributed by atoms with E-state index >= 15 is 0 Å². The van der Waals surface area contributed by atoms with E-state index in [4.69, 9.17) is 4.74 Å². The summed E-state index contributed by atoms with van der Waals surface area (Å²) in [5.74, 6) is 2.94. The molecule has 1 aromatic heterocycles. The van der Waals surface area contributed by atoms with Gasteiger partial charge in [-0.1, -0.05) is 12.1 Å². The first-order chi connectivity index (χ1) is 11.6. The molecule has 124 valence electrons. The number of rotatable bonds is 2. The molecule has 3 heteroatoms. The van der Waals surface area contributed by atoms with Crippen LogP contribution in [0.5, 0.6) is 5.75 Å². The van der Waals surface area contributed by atoms with Crippen molar-refractivity contribution in [2.75, 3.05) is 0 Å². The van der Waals surface area contributed by atoms with E-state index in [2.05, 4.69) is 4.98 Å². The first-order valence-electron chi connectivity index (χ1n) is 9.20. The molecule has 1 aromatic carbocycles. The Labute approximate surface area is 142 Å². The van der Waals surface area contributed by atoms with E-state index in [0.29, 0.717) is 5.75 Å². The minimum atomic E-state index is -0.215. The molecule has 0 aliphatic heterocycles. The van der Waals surface area contributed by atoms with Crippen LogP contribution in [0.4, 0.5) is 0 Å². The van der Waals surface area contributed by atoms with Gasteiger partial charge in [-0.15, -0.1) is 0 Å². The number of hydrogen-bond acceptors (Lipinski definition) is 3. The topological polar surface area (TPSA) is 39.2 Å². The standard InChI is InChI=1S/C21H23NO2/c1-13-6-19(17-4-2-3-5-18(17)22-13)24-20(23)21-10-14-7-15(11-21)9-16(8-14)12-21/h2-6,14-16H,7-12H2,1H3. The minimum absolute atomic E-state index is 0.0114. The zero-order valence-electron chi connectivity index (χ0n) is 14.1. The van der Waals surface area contributed by atoms with Crippen molar-refractivity contribution < 1.29 is 9.53 Å². The van der Waals surface area contributed by atoms with Gasteiger partial charge in [-0.25, -0.2) is 0 Å². The third kappa shape index (κ3) is 2.17. The quantitative estimate of drug-likeness (QED) is 0.755.